The molecule has 1 saturated heterocycles. The van der Waals surface area contributed by atoms with Crippen LogP contribution in [0.2, 0.25) is 0 Å². The first-order valence-electron chi connectivity index (χ1n) is 7.57. The van der Waals surface area contributed by atoms with Crippen molar-refractivity contribution >= 4 is 21.9 Å². The fourth-order valence-corrected chi connectivity index (χ4v) is 2.99. The lowest BCUT2D eigenvalue weighted by Gasteiger charge is -2.33. The lowest BCUT2D eigenvalue weighted by molar-refractivity contribution is -0.171. The molecule has 1 aliphatic heterocycles. The Labute approximate surface area is 145 Å². The molecule has 1 aromatic rings. The maximum absolute atomic E-state index is 12.0. The van der Waals surface area contributed by atoms with Crippen LogP contribution in [0.15, 0.2) is 22.9 Å². The lowest BCUT2D eigenvalue weighted by atomic mass is 9.95. The SMILES string of the molecule is CC(C)(C)OC(=O)COC1(c2ccncc2Br)CNCCOC1. The first-order valence-corrected chi connectivity index (χ1v) is 8.36. The van der Waals surface area contributed by atoms with Crippen LogP contribution in [-0.4, -0.2) is 49.5 Å². The fraction of sp³-hybridized carbons (Fsp3) is 0.625. The zero-order valence-corrected chi connectivity index (χ0v) is 15.3. The van der Waals surface area contributed by atoms with Crippen LogP contribution in [0.25, 0.3) is 0 Å². The summed E-state index contributed by atoms with van der Waals surface area (Å²) in [5, 5.41) is 3.29. The van der Waals surface area contributed by atoms with Crippen LogP contribution in [0, 0.1) is 0 Å². The van der Waals surface area contributed by atoms with E-state index in [-0.39, 0.29) is 6.61 Å². The number of aromatic nitrogens is 1. The van der Waals surface area contributed by atoms with Gasteiger partial charge in [0.2, 0.25) is 0 Å². The molecule has 0 aromatic carbocycles. The first kappa shape index (κ1) is 18.3. The molecule has 6 nitrogen and oxygen atoms in total. The van der Waals surface area contributed by atoms with Gasteiger partial charge in [0.15, 0.2) is 0 Å². The van der Waals surface area contributed by atoms with E-state index in [1.54, 1.807) is 12.4 Å². The summed E-state index contributed by atoms with van der Waals surface area (Å²) in [4.78, 5) is 16.1. The van der Waals surface area contributed by atoms with Gasteiger partial charge in [-0.1, -0.05) is 0 Å². The minimum atomic E-state index is -0.769. The topological polar surface area (TPSA) is 69.7 Å². The van der Waals surface area contributed by atoms with E-state index in [1.807, 2.05) is 26.8 Å². The Bertz CT molecular complexity index is 537. The van der Waals surface area contributed by atoms with E-state index in [1.165, 1.54) is 0 Å². The quantitative estimate of drug-likeness (QED) is 0.798. The van der Waals surface area contributed by atoms with Crippen LogP contribution >= 0.6 is 15.9 Å². The number of nitrogens with one attached hydrogen (secondary N) is 1. The molecule has 1 aromatic heterocycles. The van der Waals surface area contributed by atoms with Crippen LogP contribution in [0.3, 0.4) is 0 Å². The van der Waals surface area contributed by atoms with Crippen molar-refractivity contribution in [1.29, 1.82) is 0 Å². The molecule has 1 fully saturated rings. The minimum Gasteiger partial charge on any atom is -0.458 e. The Kier molecular flexibility index (Phi) is 6.13. The first-order chi connectivity index (χ1) is 10.8. The van der Waals surface area contributed by atoms with Crippen molar-refractivity contribution in [2.24, 2.45) is 0 Å². The number of hydrogen-bond acceptors (Lipinski definition) is 6. The molecule has 1 N–H and O–H groups in total. The number of rotatable bonds is 4. The fourth-order valence-electron chi connectivity index (χ4n) is 2.38. The van der Waals surface area contributed by atoms with Crippen LogP contribution < -0.4 is 5.32 Å². The molecule has 0 spiro atoms. The maximum Gasteiger partial charge on any atom is 0.332 e. The highest BCUT2D eigenvalue weighted by Crippen LogP contribution is 2.32. The van der Waals surface area contributed by atoms with Crippen LogP contribution in [0.4, 0.5) is 0 Å². The van der Waals surface area contributed by atoms with Crippen molar-refractivity contribution in [3.63, 3.8) is 0 Å². The number of ether oxygens (including phenoxy) is 3. The van der Waals surface area contributed by atoms with Gasteiger partial charge in [-0.15, -0.1) is 0 Å². The summed E-state index contributed by atoms with van der Waals surface area (Å²) in [7, 11) is 0. The molecule has 0 aliphatic carbocycles. The van der Waals surface area contributed by atoms with Crippen molar-refractivity contribution in [1.82, 2.24) is 10.3 Å². The Hall–Kier alpha value is -1.02. The second-order valence-electron chi connectivity index (χ2n) is 6.45. The van der Waals surface area contributed by atoms with Gasteiger partial charge in [-0.2, -0.15) is 0 Å². The summed E-state index contributed by atoms with van der Waals surface area (Å²) in [6.07, 6.45) is 3.41. The lowest BCUT2D eigenvalue weighted by Crippen LogP contribution is -2.44. The molecule has 0 amide bonds. The zero-order valence-electron chi connectivity index (χ0n) is 13.7. The third-order valence-electron chi connectivity index (χ3n) is 3.32. The number of carbonyl (C=O) groups excluding carboxylic acids is 1. The van der Waals surface area contributed by atoms with E-state index < -0.39 is 17.2 Å². The van der Waals surface area contributed by atoms with E-state index in [0.29, 0.717) is 19.8 Å². The molecular formula is C16H23BrN2O4. The number of nitrogens with zero attached hydrogens (tertiary/aromatic N) is 1. The van der Waals surface area contributed by atoms with Crippen molar-refractivity contribution in [3.8, 4) is 0 Å². The average molecular weight is 387 g/mol. The van der Waals surface area contributed by atoms with Crippen molar-refractivity contribution in [3.05, 3.63) is 28.5 Å². The number of carbonyl (C=O) groups is 1. The van der Waals surface area contributed by atoms with Gasteiger partial charge < -0.3 is 19.5 Å². The zero-order chi connectivity index (χ0) is 16.9. The molecule has 0 saturated carbocycles. The van der Waals surface area contributed by atoms with Gasteiger partial charge in [0.25, 0.3) is 0 Å². The minimum absolute atomic E-state index is 0.142. The molecule has 2 rings (SSSR count). The molecule has 128 valence electrons. The Morgan fingerprint density at radius 3 is 3.00 bits per heavy atom. The van der Waals surface area contributed by atoms with Crippen LogP contribution in [-0.2, 0) is 24.6 Å². The monoisotopic (exact) mass is 386 g/mol. The van der Waals surface area contributed by atoms with Gasteiger partial charge in [-0.3, -0.25) is 4.98 Å². The van der Waals surface area contributed by atoms with E-state index in [9.17, 15) is 4.79 Å². The van der Waals surface area contributed by atoms with Crippen molar-refractivity contribution < 1.29 is 19.0 Å². The van der Waals surface area contributed by atoms with Gasteiger partial charge in [-0.05, 0) is 42.8 Å². The Balaban J connectivity index is 2.18. The maximum atomic E-state index is 12.0. The summed E-state index contributed by atoms with van der Waals surface area (Å²) < 4.78 is 17.8. The second-order valence-corrected chi connectivity index (χ2v) is 7.31. The van der Waals surface area contributed by atoms with E-state index in [4.69, 9.17) is 14.2 Å². The van der Waals surface area contributed by atoms with Crippen LogP contribution in [0.5, 0.6) is 0 Å². The largest absolute Gasteiger partial charge is 0.458 e. The van der Waals surface area contributed by atoms with E-state index in [0.717, 1.165) is 16.6 Å². The number of esters is 1. The number of halogens is 1. The van der Waals surface area contributed by atoms with Gasteiger partial charge >= 0.3 is 5.97 Å². The average Bonchev–Trinajstić information content (AvgIpc) is 2.70. The summed E-state index contributed by atoms with van der Waals surface area (Å²) in [5.74, 6) is -0.397. The highest BCUT2D eigenvalue weighted by molar-refractivity contribution is 9.10. The van der Waals surface area contributed by atoms with Gasteiger partial charge in [0.05, 0.1) is 13.2 Å². The number of pyridine rings is 1. The standard InChI is InChI=1S/C16H23BrN2O4/c1-15(2,3)23-14(20)9-22-16(10-19-6-7-21-11-16)12-4-5-18-8-13(12)17/h4-5,8,19H,6-7,9-11H2,1-3H3. The smallest absolute Gasteiger partial charge is 0.332 e. The van der Waals surface area contributed by atoms with Crippen molar-refractivity contribution in [2.75, 3.05) is 32.9 Å². The van der Waals surface area contributed by atoms with Crippen LogP contribution in [0.1, 0.15) is 26.3 Å². The summed E-state index contributed by atoms with van der Waals surface area (Å²) >= 11 is 3.51. The molecule has 0 radical (unpaired) electrons. The van der Waals surface area contributed by atoms with E-state index in [2.05, 4.69) is 26.2 Å². The predicted molar refractivity (Wildman–Crippen MR) is 89.1 cm³/mol. The van der Waals surface area contributed by atoms with Crippen molar-refractivity contribution in [2.45, 2.75) is 32.0 Å². The Morgan fingerprint density at radius 2 is 2.30 bits per heavy atom. The molecule has 1 unspecified atom stereocenters. The van der Waals surface area contributed by atoms with E-state index >= 15 is 0 Å². The summed E-state index contributed by atoms with van der Waals surface area (Å²) in [6.45, 7) is 7.57. The molecule has 1 atom stereocenters. The molecule has 1 aliphatic rings. The van der Waals surface area contributed by atoms with Gasteiger partial charge in [0.1, 0.15) is 17.8 Å². The third-order valence-corrected chi connectivity index (χ3v) is 3.95. The highest BCUT2D eigenvalue weighted by Gasteiger charge is 2.37. The summed E-state index contributed by atoms with van der Waals surface area (Å²) in [6, 6.07) is 1.87. The number of hydrogen-bond donors (Lipinski definition) is 1. The molecular weight excluding hydrogens is 364 g/mol. The molecule has 0 bridgehead atoms. The second kappa shape index (κ2) is 7.70. The predicted octanol–water partition coefficient (Wildman–Crippen LogP) is 2.02. The summed E-state index contributed by atoms with van der Waals surface area (Å²) in [5.41, 5.74) is -0.413. The Morgan fingerprint density at radius 1 is 1.52 bits per heavy atom. The normalized spacial score (nSPS) is 22.4. The molecule has 7 heteroatoms. The van der Waals surface area contributed by atoms with Gasteiger partial charge in [-0.25, -0.2) is 4.79 Å². The third kappa shape index (κ3) is 5.24. The highest BCUT2D eigenvalue weighted by atomic mass is 79.9. The molecule has 2 heterocycles. The van der Waals surface area contributed by atoms with Gasteiger partial charge in [0, 0.05) is 35.5 Å². The molecule has 23 heavy (non-hydrogen) atoms.